The fourth-order valence-electron chi connectivity index (χ4n) is 4.12. The maximum atomic E-state index is 13.3. The molecule has 0 bridgehead atoms. The van der Waals surface area contributed by atoms with Crippen LogP contribution in [0.15, 0.2) is 23.2 Å². The van der Waals surface area contributed by atoms with E-state index in [1.54, 1.807) is 12.0 Å². The van der Waals surface area contributed by atoms with Crippen LogP contribution in [0.4, 0.5) is 14.7 Å². The number of benzene rings is 1. The van der Waals surface area contributed by atoms with Gasteiger partial charge in [-0.1, -0.05) is 6.92 Å². The van der Waals surface area contributed by atoms with Crippen LogP contribution in [0, 0.1) is 19.8 Å². The van der Waals surface area contributed by atoms with Crippen molar-refractivity contribution in [2.24, 2.45) is 16.6 Å². The molecule has 1 unspecified atom stereocenters. The first-order valence-corrected chi connectivity index (χ1v) is 10.1. The highest BCUT2D eigenvalue weighted by Gasteiger charge is 2.32. The van der Waals surface area contributed by atoms with E-state index in [9.17, 15) is 13.6 Å². The molecular weight excluding hydrogens is 404 g/mol. The first-order valence-electron chi connectivity index (χ1n) is 10.1. The van der Waals surface area contributed by atoms with Gasteiger partial charge in [0.05, 0.1) is 19.1 Å². The summed E-state index contributed by atoms with van der Waals surface area (Å²) in [6.07, 6.45) is -1.05. The molecule has 1 saturated heterocycles. The number of methoxy groups -OCH3 is 1. The van der Waals surface area contributed by atoms with Crippen molar-refractivity contribution >= 4 is 18.2 Å². The normalized spacial score (nSPS) is 19.3. The van der Waals surface area contributed by atoms with Crippen molar-refractivity contribution in [3.05, 3.63) is 46.3 Å². The lowest BCUT2D eigenvalue weighted by molar-refractivity contribution is 0.0666. The van der Waals surface area contributed by atoms with E-state index in [-0.39, 0.29) is 23.7 Å². The molecule has 2 aromatic rings. The van der Waals surface area contributed by atoms with Gasteiger partial charge in [-0.3, -0.25) is 4.79 Å². The number of hydrogen-bond acceptors (Lipinski definition) is 5. The molecule has 0 spiro atoms. The number of carbonyl (C=O) groups excluding carboxylic acids is 1. The second-order valence-corrected chi connectivity index (χ2v) is 7.86. The largest absolute Gasteiger partial charge is 0.496 e. The number of amides is 1. The summed E-state index contributed by atoms with van der Waals surface area (Å²) < 4.78 is 32.1. The first-order chi connectivity index (χ1) is 14.7. The summed E-state index contributed by atoms with van der Waals surface area (Å²) >= 11 is 0. The van der Waals surface area contributed by atoms with Crippen LogP contribution in [-0.4, -0.2) is 47.3 Å². The molecule has 0 radical (unpaired) electrons. The van der Waals surface area contributed by atoms with Gasteiger partial charge in [-0.15, -0.1) is 0 Å². The zero-order valence-electron chi connectivity index (χ0n) is 18.1. The van der Waals surface area contributed by atoms with Crippen molar-refractivity contribution in [3.63, 3.8) is 0 Å². The van der Waals surface area contributed by atoms with Crippen molar-refractivity contribution < 1.29 is 18.3 Å². The van der Waals surface area contributed by atoms with E-state index in [4.69, 9.17) is 10.5 Å². The number of hydrogen-bond donors (Lipinski definition) is 1. The molecule has 2 N–H and O–H groups in total. The summed E-state index contributed by atoms with van der Waals surface area (Å²) in [6, 6.07) is 4.93. The zero-order chi connectivity index (χ0) is 22.7. The van der Waals surface area contributed by atoms with E-state index in [1.807, 2.05) is 32.9 Å². The van der Waals surface area contributed by atoms with Crippen LogP contribution in [-0.2, 0) is 0 Å². The lowest BCUT2D eigenvalue weighted by Crippen LogP contribution is -2.42. The molecule has 1 fully saturated rings. The number of aryl methyl sites for hydroxylation is 2. The number of aromatic nitrogens is 2. The fraction of sp³-hybridized carbons (Fsp3) is 0.455. The summed E-state index contributed by atoms with van der Waals surface area (Å²) in [6.45, 7) is 6.78. The molecule has 2 atom stereocenters. The van der Waals surface area contributed by atoms with E-state index in [2.05, 4.69) is 15.0 Å². The van der Waals surface area contributed by atoms with Crippen LogP contribution in [0.5, 0.6) is 5.75 Å². The Kier molecular flexibility index (Phi) is 6.82. The van der Waals surface area contributed by atoms with Gasteiger partial charge in [0.2, 0.25) is 0 Å². The predicted octanol–water partition coefficient (Wildman–Crippen LogP) is 3.92. The fourth-order valence-corrected chi connectivity index (χ4v) is 4.12. The topological polar surface area (TPSA) is 93.7 Å². The summed E-state index contributed by atoms with van der Waals surface area (Å²) in [7, 11) is 1.60. The summed E-state index contributed by atoms with van der Waals surface area (Å²) in [5.41, 5.74) is 7.68. The molecule has 1 aromatic carbocycles. The Balaban J connectivity index is 1.91. The highest BCUT2D eigenvalue weighted by Crippen LogP contribution is 2.34. The molecule has 1 aromatic heterocycles. The SMILES string of the molecule is COc1c(C)cc(C(=O)N2CCC(C)[C@H](c3cc(C(F)F)nc(N=CN)n3)C2)cc1C. The molecule has 2 heterocycles. The molecule has 9 heteroatoms. The van der Waals surface area contributed by atoms with Crippen LogP contribution < -0.4 is 10.5 Å². The molecule has 0 aliphatic carbocycles. The minimum Gasteiger partial charge on any atom is -0.496 e. The second kappa shape index (κ2) is 9.36. The molecule has 31 heavy (non-hydrogen) atoms. The van der Waals surface area contributed by atoms with E-state index in [0.29, 0.717) is 24.3 Å². The van der Waals surface area contributed by atoms with E-state index < -0.39 is 12.1 Å². The van der Waals surface area contributed by atoms with Crippen molar-refractivity contribution in [1.82, 2.24) is 14.9 Å². The van der Waals surface area contributed by atoms with Crippen molar-refractivity contribution in [2.45, 2.75) is 39.5 Å². The highest BCUT2D eigenvalue weighted by molar-refractivity contribution is 5.95. The van der Waals surface area contributed by atoms with Gasteiger partial charge < -0.3 is 15.4 Å². The molecule has 3 rings (SSSR count). The molecule has 1 aliphatic heterocycles. The Labute approximate surface area is 180 Å². The van der Waals surface area contributed by atoms with Crippen molar-refractivity contribution in [1.29, 1.82) is 0 Å². The number of piperidine rings is 1. The minimum absolute atomic E-state index is 0.103. The second-order valence-electron chi connectivity index (χ2n) is 7.86. The molecule has 0 saturated carbocycles. The van der Waals surface area contributed by atoms with Gasteiger partial charge in [-0.05, 0) is 55.5 Å². The number of alkyl halides is 2. The summed E-state index contributed by atoms with van der Waals surface area (Å²) in [5, 5.41) is 0. The Hall–Kier alpha value is -3.10. The molecule has 166 valence electrons. The van der Waals surface area contributed by atoms with Crippen LogP contribution in [0.3, 0.4) is 0 Å². The van der Waals surface area contributed by atoms with E-state index >= 15 is 0 Å². The maximum absolute atomic E-state index is 13.3. The van der Waals surface area contributed by atoms with Gasteiger partial charge in [0.1, 0.15) is 11.4 Å². The Morgan fingerprint density at radius 1 is 1.29 bits per heavy atom. The maximum Gasteiger partial charge on any atom is 0.280 e. The molecule has 1 amide bonds. The van der Waals surface area contributed by atoms with Gasteiger partial charge in [0.25, 0.3) is 18.3 Å². The number of likely N-dealkylation sites (tertiary alicyclic amines) is 1. The molecule has 1 aliphatic rings. The van der Waals surface area contributed by atoms with Crippen LogP contribution in [0.1, 0.15) is 58.6 Å². The number of ether oxygens (including phenoxy) is 1. The van der Waals surface area contributed by atoms with Gasteiger partial charge in [0, 0.05) is 24.6 Å². The van der Waals surface area contributed by atoms with Crippen molar-refractivity contribution in [2.75, 3.05) is 20.2 Å². The first kappa shape index (κ1) is 22.6. The van der Waals surface area contributed by atoms with Crippen LogP contribution in [0.25, 0.3) is 0 Å². The summed E-state index contributed by atoms with van der Waals surface area (Å²) in [4.78, 5) is 26.8. The third-order valence-corrected chi connectivity index (χ3v) is 5.70. The van der Waals surface area contributed by atoms with Crippen LogP contribution in [0.2, 0.25) is 0 Å². The van der Waals surface area contributed by atoms with E-state index in [0.717, 1.165) is 29.6 Å². The van der Waals surface area contributed by atoms with Gasteiger partial charge in [-0.2, -0.15) is 0 Å². The highest BCUT2D eigenvalue weighted by atomic mass is 19.3. The average Bonchev–Trinajstić information content (AvgIpc) is 2.73. The van der Waals surface area contributed by atoms with Gasteiger partial charge in [-0.25, -0.2) is 23.7 Å². The van der Waals surface area contributed by atoms with Gasteiger partial charge in [0.15, 0.2) is 0 Å². The number of aliphatic imine (C=N–C) groups is 1. The van der Waals surface area contributed by atoms with Crippen molar-refractivity contribution in [3.8, 4) is 5.75 Å². The smallest absolute Gasteiger partial charge is 0.280 e. The monoisotopic (exact) mass is 431 g/mol. The number of carbonyl (C=O) groups is 1. The lowest BCUT2D eigenvalue weighted by atomic mass is 9.84. The number of nitrogens with two attached hydrogens (primary N) is 1. The third-order valence-electron chi connectivity index (χ3n) is 5.70. The number of rotatable bonds is 5. The minimum atomic E-state index is -2.75. The Morgan fingerprint density at radius 3 is 2.55 bits per heavy atom. The quantitative estimate of drug-likeness (QED) is 0.572. The zero-order valence-corrected chi connectivity index (χ0v) is 18.1. The Morgan fingerprint density at radius 2 is 1.97 bits per heavy atom. The van der Waals surface area contributed by atoms with E-state index in [1.165, 1.54) is 6.07 Å². The summed E-state index contributed by atoms with van der Waals surface area (Å²) in [5.74, 6) is 0.487. The Bertz CT molecular complexity index is 973. The lowest BCUT2D eigenvalue weighted by Gasteiger charge is -2.37. The van der Waals surface area contributed by atoms with Gasteiger partial charge >= 0.3 is 0 Å². The number of nitrogens with zero attached hydrogens (tertiary/aromatic N) is 4. The molecular formula is C22H27F2N5O2. The average molecular weight is 431 g/mol. The third kappa shape index (κ3) is 4.81. The number of halogens is 2. The predicted molar refractivity (Wildman–Crippen MR) is 114 cm³/mol. The molecule has 7 nitrogen and oxygen atoms in total. The standard InChI is InChI=1S/C22H27F2N5O2/c1-12-5-6-29(21(30)15-7-13(2)19(31-4)14(3)8-15)10-16(12)17-9-18(20(23)24)28-22(27-17)26-11-25/h7-9,11-12,16,20H,5-6,10H2,1-4H3,(H2,25,26,27,28)/t12?,16-/m1/s1. The van der Waals surface area contributed by atoms with Crippen LogP contribution >= 0.6 is 0 Å².